The Balaban J connectivity index is 1.72. The number of likely N-dealkylation sites (tertiary alicyclic amines) is 1. The van der Waals surface area contributed by atoms with Crippen LogP contribution in [0.1, 0.15) is 42.6 Å². The maximum absolute atomic E-state index is 12.1. The summed E-state index contributed by atoms with van der Waals surface area (Å²) in [6, 6.07) is 7.87. The maximum Gasteiger partial charge on any atom is 0.321 e. The number of aliphatic carboxylic acids is 1. The summed E-state index contributed by atoms with van der Waals surface area (Å²) < 4.78 is 2.14. The van der Waals surface area contributed by atoms with E-state index in [0.717, 1.165) is 49.3 Å². The van der Waals surface area contributed by atoms with Gasteiger partial charge in [-0.3, -0.25) is 9.69 Å². The average molecular weight is 354 g/mol. The maximum atomic E-state index is 12.1. The molecule has 0 aliphatic carbocycles. The van der Waals surface area contributed by atoms with Crippen molar-refractivity contribution in [3.05, 3.63) is 47.5 Å². The van der Waals surface area contributed by atoms with Gasteiger partial charge in [-0.25, -0.2) is 4.98 Å². The molecule has 3 heterocycles. The first-order valence-electron chi connectivity index (χ1n) is 9.47. The second-order valence-corrected chi connectivity index (χ2v) is 7.42. The fourth-order valence-electron chi connectivity index (χ4n) is 4.58. The molecule has 2 aliphatic heterocycles. The highest BCUT2D eigenvalue weighted by Crippen LogP contribution is 2.34. The summed E-state index contributed by atoms with van der Waals surface area (Å²) in [5.41, 5.74) is 10.6. The van der Waals surface area contributed by atoms with Gasteiger partial charge >= 0.3 is 5.97 Å². The molecule has 6 heteroatoms. The van der Waals surface area contributed by atoms with E-state index in [0.29, 0.717) is 6.54 Å². The van der Waals surface area contributed by atoms with E-state index < -0.39 is 12.0 Å². The smallest absolute Gasteiger partial charge is 0.321 e. The summed E-state index contributed by atoms with van der Waals surface area (Å²) in [6.07, 6.45) is 5.33. The largest absolute Gasteiger partial charge is 0.480 e. The molecule has 1 fully saturated rings. The van der Waals surface area contributed by atoms with Gasteiger partial charge in [0.25, 0.3) is 0 Å². The van der Waals surface area contributed by atoms with Crippen LogP contribution in [0, 0.1) is 0 Å². The molecule has 2 aliphatic rings. The van der Waals surface area contributed by atoms with Gasteiger partial charge in [-0.15, -0.1) is 0 Å². The van der Waals surface area contributed by atoms with Gasteiger partial charge in [0.2, 0.25) is 0 Å². The first-order valence-corrected chi connectivity index (χ1v) is 9.47. The first-order chi connectivity index (χ1) is 12.6. The van der Waals surface area contributed by atoms with Gasteiger partial charge in [0.1, 0.15) is 6.04 Å². The van der Waals surface area contributed by atoms with Crippen molar-refractivity contribution in [2.45, 2.75) is 50.6 Å². The van der Waals surface area contributed by atoms with E-state index in [2.05, 4.69) is 29.7 Å². The number of carboxylic acids is 1. The summed E-state index contributed by atoms with van der Waals surface area (Å²) >= 11 is 0. The zero-order chi connectivity index (χ0) is 18.3. The van der Waals surface area contributed by atoms with Crippen LogP contribution in [0.15, 0.2) is 30.6 Å². The van der Waals surface area contributed by atoms with Crippen LogP contribution in [0.3, 0.4) is 0 Å². The lowest BCUT2D eigenvalue weighted by Crippen LogP contribution is -2.45. The Hall–Kier alpha value is -2.18. The lowest BCUT2D eigenvalue weighted by atomic mass is 9.88. The second kappa shape index (κ2) is 6.85. The number of aryl methyl sites for hydroxylation is 1. The topological polar surface area (TPSA) is 84.4 Å². The van der Waals surface area contributed by atoms with Crippen LogP contribution in [-0.2, 0) is 17.6 Å². The van der Waals surface area contributed by atoms with Crippen LogP contribution in [0.2, 0.25) is 0 Å². The predicted molar refractivity (Wildman–Crippen MR) is 99.6 cm³/mol. The highest BCUT2D eigenvalue weighted by Gasteiger charge is 2.39. The van der Waals surface area contributed by atoms with Crippen LogP contribution in [0.5, 0.6) is 0 Å². The number of hydrogen-bond acceptors (Lipinski definition) is 4. The van der Waals surface area contributed by atoms with Gasteiger partial charge in [0.05, 0.1) is 12.0 Å². The zero-order valence-electron chi connectivity index (χ0n) is 15.1. The van der Waals surface area contributed by atoms with E-state index in [4.69, 9.17) is 10.7 Å². The van der Waals surface area contributed by atoms with Crippen molar-refractivity contribution in [1.29, 1.82) is 0 Å². The fourth-order valence-corrected chi connectivity index (χ4v) is 4.58. The third kappa shape index (κ3) is 2.83. The Morgan fingerprint density at radius 3 is 2.88 bits per heavy atom. The first kappa shape index (κ1) is 17.2. The Morgan fingerprint density at radius 2 is 2.19 bits per heavy atom. The Morgan fingerprint density at radius 1 is 1.38 bits per heavy atom. The van der Waals surface area contributed by atoms with E-state index in [1.807, 2.05) is 17.3 Å². The number of rotatable bonds is 5. The third-order valence-corrected chi connectivity index (χ3v) is 5.86. The highest BCUT2D eigenvalue weighted by molar-refractivity contribution is 5.75. The predicted octanol–water partition coefficient (Wildman–Crippen LogP) is 1.95. The van der Waals surface area contributed by atoms with Gasteiger partial charge in [-0.1, -0.05) is 25.1 Å². The minimum atomic E-state index is -0.774. The average Bonchev–Trinajstić information content (AvgIpc) is 3.25. The van der Waals surface area contributed by atoms with E-state index in [-0.39, 0.29) is 12.0 Å². The number of nitrogens with zero attached hydrogens (tertiary/aromatic N) is 3. The summed E-state index contributed by atoms with van der Waals surface area (Å²) in [5.74, 6) is -0.900. The standard InChI is InChI=1S/C20H26N4O2/c1-2-15(19(20(25)26)23-10-9-14(21)11-23)18-17-8-7-13-5-3-4-6-16(13)24(17)12-22-18/h3-6,12,14-15,19H,2,7-11,21H2,1H3,(H,25,26)/t14-,15?,19-/m0/s1. The highest BCUT2D eigenvalue weighted by atomic mass is 16.4. The molecule has 1 aromatic heterocycles. The normalized spacial score (nSPS) is 21.8. The molecule has 6 nitrogen and oxygen atoms in total. The number of aromatic nitrogens is 2. The Kier molecular flexibility index (Phi) is 4.54. The van der Waals surface area contributed by atoms with Crippen LogP contribution < -0.4 is 5.73 Å². The van der Waals surface area contributed by atoms with Crippen LogP contribution in [-0.4, -0.2) is 50.7 Å². The van der Waals surface area contributed by atoms with Gasteiger partial charge < -0.3 is 15.4 Å². The summed E-state index contributed by atoms with van der Waals surface area (Å²) in [5, 5.41) is 9.97. The van der Waals surface area contributed by atoms with Gasteiger partial charge in [0, 0.05) is 36.4 Å². The molecule has 1 aromatic carbocycles. The Bertz CT molecular complexity index is 816. The third-order valence-electron chi connectivity index (χ3n) is 5.86. The molecule has 0 amide bonds. The lowest BCUT2D eigenvalue weighted by molar-refractivity contribution is -0.144. The van der Waals surface area contributed by atoms with Crippen molar-refractivity contribution in [1.82, 2.24) is 14.5 Å². The molecular weight excluding hydrogens is 328 g/mol. The molecule has 1 unspecified atom stereocenters. The minimum absolute atomic E-state index is 0.0668. The summed E-state index contributed by atoms with van der Waals surface area (Å²) in [4.78, 5) is 18.9. The van der Waals surface area contributed by atoms with Gasteiger partial charge in [-0.2, -0.15) is 0 Å². The van der Waals surface area contributed by atoms with Crippen molar-refractivity contribution in [2.24, 2.45) is 5.73 Å². The van der Waals surface area contributed by atoms with Crippen LogP contribution in [0.25, 0.3) is 5.69 Å². The number of fused-ring (bicyclic) bond motifs is 3. The molecule has 3 N–H and O–H groups in total. The molecule has 2 aromatic rings. The Labute approximate surface area is 153 Å². The van der Waals surface area contributed by atoms with E-state index in [1.165, 1.54) is 5.56 Å². The van der Waals surface area contributed by atoms with Gasteiger partial charge in [-0.05, 0) is 37.3 Å². The molecular formula is C20H26N4O2. The quantitative estimate of drug-likeness (QED) is 0.857. The molecule has 4 rings (SSSR count). The van der Waals surface area contributed by atoms with Crippen molar-refractivity contribution in [3.63, 3.8) is 0 Å². The van der Waals surface area contributed by atoms with Crippen LogP contribution in [0.4, 0.5) is 0 Å². The number of nitrogens with two attached hydrogens (primary N) is 1. The van der Waals surface area contributed by atoms with E-state index in [9.17, 15) is 9.90 Å². The van der Waals surface area contributed by atoms with E-state index >= 15 is 0 Å². The van der Waals surface area contributed by atoms with Crippen molar-refractivity contribution in [2.75, 3.05) is 13.1 Å². The zero-order valence-corrected chi connectivity index (χ0v) is 15.1. The van der Waals surface area contributed by atoms with Crippen molar-refractivity contribution < 1.29 is 9.90 Å². The minimum Gasteiger partial charge on any atom is -0.480 e. The molecule has 0 radical (unpaired) electrons. The number of carbonyl (C=O) groups is 1. The second-order valence-electron chi connectivity index (χ2n) is 7.42. The van der Waals surface area contributed by atoms with Crippen molar-refractivity contribution in [3.8, 4) is 5.69 Å². The number of hydrogen-bond donors (Lipinski definition) is 2. The lowest BCUT2D eigenvalue weighted by Gasteiger charge is -2.31. The molecule has 1 saturated heterocycles. The molecule has 3 atom stereocenters. The molecule has 26 heavy (non-hydrogen) atoms. The van der Waals surface area contributed by atoms with Crippen LogP contribution >= 0.6 is 0 Å². The van der Waals surface area contributed by atoms with Gasteiger partial charge in [0.15, 0.2) is 0 Å². The molecule has 0 saturated carbocycles. The molecule has 0 bridgehead atoms. The van der Waals surface area contributed by atoms with Crippen molar-refractivity contribution >= 4 is 5.97 Å². The molecule has 138 valence electrons. The number of para-hydroxylation sites is 1. The SMILES string of the molecule is CCC(c1ncn2c1CCc1ccccc1-2)[C@@H](C(=O)O)N1CC[C@H](N)C1. The summed E-state index contributed by atoms with van der Waals surface area (Å²) in [6.45, 7) is 3.44. The number of imidazole rings is 1. The number of benzene rings is 1. The molecule has 0 spiro atoms. The summed E-state index contributed by atoms with van der Waals surface area (Å²) in [7, 11) is 0. The number of carboxylic acid groups (broad SMARTS) is 1. The van der Waals surface area contributed by atoms with E-state index in [1.54, 1.807) is 0 Å². The monoisotopic (exact) mass is 354 g/mol. The fraction of sp³-hybridized carbons (Fsp3) is 0.500.